The number of nitrogens with zero attached hydrogens (tertiary/aromatic N) is 2. The van der Waals surface area contributed by atoms with E-state index in [0.717, 1.165) is 28.4 Å². The van der Waals surface area contributed by atoms with Gasteiger partial charge >= 0.3 is 0 Å². The van der Waals surface area contributed by atoms with Gasteiger partial charge in [0.25, 0.3) is 0 Å². The normalized spacial score (nSPS) is 10.8. The van der Waals surface area contributed by atoms with E-state index in [-0.39, 0.29) is 0 Å². The molecule has 114 valence electrons. The summed E-state index contributed by atoms with van der Waals surface area (Å²) in [6.07, 6.45) is 4.65. The number of nitrogen functional groups attached to an aromatic ring is 1. The number of nitrogens with two attached hydrogens (primary N) is 1. The zero-order valence-corrected chi connectivity index (χ0v) is 12.7. The van der Waals surface area contributed by atoms with Gasteiger partial charge in [-0.3, -0.25) is 0 Å². The van der Waals surface area contributed by atoms with Crippen LogP contribution in [0, 0.1) is 0 Å². The van der Waals surface area contributed by atoms with Crippen molar-refractivity contribution < 1.29 is 9.47 Å². The molecule has 0 radical (unpaired) electrons. The van der Waals surface area contributed by atoms with E-state index in [1.54, 1.807) is 7.11 Å². The summed E-state index contributed by atoms with van der Waals surface area (Å²) in [5.41, 5.74) is 9.48. The lowest BCUT2D eigenvalue weighted by Gasteiger charge is -2.10. The van der Waals surface area contributed by atoms with Gasteiger partial charge in [0.05, 0.1) is 25.1 Å². The third-order valence-corrected chi connectivity index (χ3v) is 3.48. The Kier molecular flexibility index (Phi) is 3.87. The van der Waals surface area contributed by atoms with Gasteiger partial charge in [0.15, 0.2) is 17.1 Å². The van der Waals surface area contributed by atoms with Gasteiger partial charge in [-0.2, -0.15) is 0 Å². The first-order chi connectivity index (χ1) is 10.7. The summed E-state index contributed by atoms with van der Waals surface area (Å²) in [4.78, 5) is 4.59. The second-order valence-corrected chi connectivity index (χ2v) is 5.02. The van der Waals surface area contributed by atoms with Gasteiger partial charge in [0.2, 0.25) is 0 Å². The average Bonchev–Trinajstić information content (AvgIpc) is 2.93. The molecule has 0 unspecified atom stereocenters. The Bertz CT molecular complexity index is 796. The van der Waals surface area contributed by atoms with Crippen molar-refractivity contribution in [1.82, 2.24) is 9.38 Å². The fourth-order valence-corrected chi connectivity index (χ4v) is 2.48. The van der Waals surface area contributed by atoms with Crippen LogP contribution in [0.1, 0.15) is 18.2 Å². The molecule has 0 spiro atoms. The molecule has 0 atom stereocenters. The van der Waals surface area contributed by atoms with Crippen LogP contribution in [-0.4, -0.2) is 23.1 Å². The SMILES string of the molecule is CCOc1ccc(Cc2cn3cccc(N)c3n2)cc1OC. The van der Waals surface area contributed by atoms with Crippen molar-refractivity contribution in [3.05, 3.63) is 54.0 Å². The highest BCUT2D eigenvalue weighted by molar-refractivity contribution is 5.64. The Balaban J connectivity index is 1.89. The minimum absolute atomic E-state index is 0.613. The fraction of sp³-hybridized carbons (Fsp3) is 0.235. The monoisotopic (exact) mass is 297 g/mol. The van der Waals surface area contributed by atoms with Gasteiger partial charge in [-0.25, -0.2) is 4.98 Å². The predicted molar refractivity (Wildman–Crippen MR) is 86.6 cm³/mol. The Labute approximate surface area is 129 Å². The summed E-state index contributed by atoms with van der Waals surface area (Å²) in [6.45, 7) is 2.57. The predicted octanol–water partition coefficient (Wildman–Crippen LogP) is 2.91. The Hall–Kier alpha value is -2.69. The summed E-state index contributed by atoms with van der Waals surface area (Å²) in [5.74, 6) is 1.50. The molecule has 2 N–H and O–H groups in total. The lowest BCUT2D eigenvalue weighted by atomic mass is 10.1. The second kappa shape index (κ2) is 5.97. The molecule has 5 heteroatoms. The van der Waals surface area contributed by atoms with E-state index in [9.17, 15) is 0 Å². The Morgan fingerprint density at radius 2 is 2.09 bits per heavy atom. The Morgan fingerprint density at radius 3 is 2.82 bits per heavy atom. The highest BCUT2D eigenvalue weighted by atomic mass is 16.5. The average molecular weight is 297 g/mol. The van der Waals surface area contributed by atoms with E-state index < -0.39 is 0 Å². The number of benzene rings is 1. The van der Waals surface area contributed by atoms with Crippen LogP contribution < -0.4 is 15.2 Å². The first-order valence-electron chi connectivity index (χ1n) is 7.23. The van der Waals surface area contributed by atoms with Crippen molar-refractivity contribution in [2.75, 3.05) is 19.5 Å². The minimum Gasteiger partial charge on any atom is -0.493 e. The number of hydrogen-bond acceptors (Lipinski definition) is 4. The molecule has 22 heavy (non-hydrogen) atoms. The zero-order valence-electron chi connectivity index (χ0n) is 12.7. The fourth-order valence-electron chi connectivity index (χ4n) is 2.48. The zero-order chi connectivity index (χ0) is 15.5. The summed E-state index contributed by atoms with van der Waals surface area (Å²) in [6, 6.07) is 9.71. The summed E-state index contributed by atoms with van der Waals surface area (Å²) < 4.78 is 12.9. The molecule has 0 aliphatic heterocycles. The molecule has 0 saturated heterocycles. The number of fused-ring (bicyclic) bond motifs is 1. The number of imidazole rings is 1. The Morgan fingerprint density at radius 1 is 1.23 bits per heavy atom. The lowest BCUT2D eigenvalue weighted by Crippen LogP contribution is -1.97. The van der Waals surface area contributed by atoms with Crippen molar-refractivity contribution in [3.8, 4) is 11.5 Å². The van der Waals surface area contributed by atoms with Crippen LogP contribution in [0.2, 0.25) is 0 Å². The van der Waals surface area contributed by atoms with Crippen molar-refractivity contribution in [1.29, 1.82) is 0 Å². The number of methoxy groups -OCH3 is 1. The minimum atomic E-state index is 0.613. The first kappa shape index (κ1) is 14.3. The smallest absolute Gasteiger partial charge is 0.161 e. The molecule has 2 heterocycles. The maximum atomic E-state index is 5.94. The first-order valence-corrected chi connectivity index (χ1v) is 7.23. The van der Waals surface area contributed by atoms with Gasteiger partial charge < -0.3 is 19.6 Å². The molecule has 0 aliphatic rings. The summed E-state index contributed by atoms with van der Waals surface area (Å²) >= 11 is 0. The molecule has 0 amide bonds. The van der Waals surface area contributed by atoms with Crippen molar-refractivity contribution in [2.24, 2.45) is 0 Å². The van der Waals surface area contributed by atoms with E-state index in [2.05, 4.69) is 4.98 Å². The van der Waals surface area contributed by atoms with E-state index in [4.69, 9.17) is 15.2 Å². The molecular formula is C17H19N3O2. The number of hydrogen-bond donors (Lipinski definition) is 1. The van der Waals surface area contributed by atoms with Crippen LogP contribution in [0.4, 0.5) is 5.69 Å². The maximum Gasteiger partial charge on any atom is 0.161 e. The van der Waals surface area contributed by atoms with Crippen LogP contribution in [0.3, 0.4) is 0 Å². The molecule has 0 bridgehead atoms. The second-order valence-electron chi connectivity index (χ2n) is 5.02. The molecule has 5 nitrogen and oxygen atoms in total. The van der Waals surface area contributed by atoms with Crippen LogP contribution in [-0.2, 0) is 6.42 Å². The van der Waals surface area contributed by atoms with Gasteiger partial charge in [-0.15, -0.1) is 0 Å². The molecule has 3 aromatic rings. The third kappa shape index (κ3) is 2.70. The molecule has 0 saturated carbocycles. The standard InChI is InChI=1S/C17H19N3O2/c1-3-22-15-7-6-12(10-16(15)21-2)9-13-11-20-8-4-5-14(18)17(20)19-13/h4-8,10-11H,3,9,18H2,1-2H3. The van der Waals surface area contributed by atoms with Gasteiger partial charge in [0, 0.05) is 18.8 Å². The van der Waals surface area contributed by atoms with Crippen LogP contribution in [0.25, 0.3) is 5.65 Å². The van der Waals surface area contributed by atoms with Crippen LogP contribution >= 0.6 is 0 Å². The summed E-state index contributed by atoms with van der Waals surface area (Å²) in [7, 11) is 1.65. The van der Waals surface area contributed by atoms with Crippen LogP contribution in [0.15, 0.2) is 42.7 Å². The van der Waals surface area contributed by atoms with E-state index in [1.807, 2.05) is 54.0 Å². The molecule has 1 aromatic carbocycles. The number of ether oxygens (including phenoxy) is 2. The topological polar surface area (TPSA) is 61.8 Å². The molecule has 2 aromatic heterocycles. The van der Waals surface area contributed by atoms with E-state index in [0.29, 0.717) is 18.7 Å². The maximum absolute atomic E-state index is 5.94. The number of anilines is 1. The van der Waals surface area contributed by atoms with Crippen molar-refractivity contribution in [2.45, 2.75) is 13.3 Å². The quantitative estimate of drug-likeness (QED) is 0.786. The largest absolute Gasteiger partial charge is 0.493 e. The molecule has 0 aliphatic carbocycles. The molecule has 3 rings (SSSR count). The number of rotatable bonds is 5. The van der Waals surface area contributed by atoms with E-state index in [1.165, 1.54) is 0 Å². The van der Waals surface area contributed by atoms with E-state index >= 15 is 0 Å². The van der Waals surface area contributed by atoms with Gasteiger partial charge in [-0.1, -0.05) is 6.07 Å². The lowest BCUT2D eigenvalue weighted by molar-refractivity contribution is 0.310. The number of aromatic nitrogens is 2. The van der Waals surface area contributed by atoms with Crippen LogP contribution in [0.5, 0.6) is 11.5 Å². The van der Waals surface area contributed by atoms with Gasteiger partial charge in [0.1, 0.15) is 0 Å². The third-order valence-electron chi connectivity index (χ3n) is 3.48. The summed E-state index contributed by atoms with van der Waals surface area (Å²) in [5, 5.41) is 0. The number of pyridine rings is 1. The van der Waals surface area contributed by atoms with Gasteiger partial charge in [-0.05, 0) is 36.8 Å². The van der Waals surface area contributed by atoms with Crippen molar-refractivity contribution in [3.63, 3.8) is 0 Å². The molecular weight excluding hydrogens is 278 g/mol. The highest BCUT2D eigenvalue weighted by Crippen LogP contribution is 2.29. The van der Waals surface area contributed by atoms with Crippen molar-refractivity contribution >= 4 is 11.3 Å². The molecule has 0 fully saturated rings. The highest BCUT2D eigenvalue weighted by Gasteiger charge is 2.09.